The van der Waals surface area contributed by atoms with Crippen LogP contribution in [0.25, 0.3) is 6.08 Å². The molecule has 0 N–H and O–H groups in total. The number of nitrogens with zero attached hydrogens (tertiary/aromatic N) is 3. The molecular formula is C29H21Cl2N3O. The molecule has 6 heteroatoms. The van der Waals surface area contributed by atoms with Crippen LogP contribution in [0.5, 0.6) is 0 Å². The van der Waals surface area contributed by atoms with Crippen LogP contribution in [0.3, 0.4) is 0 Å². The van der Waals surface area contributed by atoms with Gasteiger partial charge in [0, 0.05) is 27.2 Å². The number of carbonyl (C=O) groups is 1. The van der Waals surface area contributed by atoms with Crippen LogP contribution in [0.4, 0.5) is 5.69 Å². The van der Waals surface area contributed by atoms with Gasteiger partial charge in [-0.3, -0.25) is 4.79 Å². The van der Waals surface area contributed by atoms with E-state index in [1.165, 1.54) is 0 Å². The average Bonchev–Trinajstić information content (AvgIpc) is 3.14. The van der Waals surface area contributed by atoms with Crippen molar-refractivity contribution in [3.05, 3.63) is 105 Å². The van der Waals surface area contributed by atoms with Crippen molar-refractivity contribution in [1.82, 2.24) is 0 Å². The molecule has 2 heterocycles. The van der Waals surface area contributed by atoms with Gasteiger partial charge in [-0.1, -0.05) is 83.4 Å². The highest BCUT2D eigenvalue weighted by atomic mass is 35.5. The molecular weight excluding hydrogens is 477 g/mol. The van der Waals surface area contributed by atoms with Gasteiger partial charge in [-0.2, -0.15) is 10.5 Å². The first-order chi connectivity index (χ1) is 16.8. The maximum atomic E-state index is 14.4. The quantitative estimate of drug-likeness (QED) is 0.369. The van der Waals surface area contributed by atoms with Crippen molar-refractivity contribution in [3.8, 4) is 12.1 Å². The molecule has 35 heavy (non-hydrogen) atoms. The van der Waals surface area contributed by atoms with E-state index in [9.17, 15) is 15.3 Å². The molecule has 0 aliphatic carbocycles. The minimum absolute atomic E-state index is 0.175. The van der Waals surface area contributed by atoms with Crippen LogP contribution >= 0.6 is 23.2 Å². The van der Waals surface area contributed by atoms with Crippen molar-refractivity contribution in [2.24, 2.45) is 5.41 Å². The first-order valence-corrected chi connectivity index (χ1v) is 12.0. The Hall–Kier alpha value is -3.57. The number of ketones is 1. The lowest BCUT2D eigenvalue weighted by Crippen LogP contribution is -2.44. The summed E-state index contributed by atoms with van der Waals surface area (Å²) in [7, 11) is 0. The predicted molar refractivity (Wildman–Crippen MR) is 139 cm³/mol. The van der Waals surface area contributed by atoms with Gasteiger partial charge in [0.2, 0.25) is 0 Å². The summed E-state index contributed by atoms with van der Waals surface area (Å²) in [5, 5.41) is 21.7. The highest BCUT2D eigenvalue weighted by Gasteiger charge is 2.64. The second-order valence-corrected chi connectivity index (χ2v) is 9.92. The molecule has 4 nitrogen and oxygen atoms in total. The third-order valence-corrected chi connectivity index (χ3v) is 7.80. The number of hydrogen-bond donors (Lipinski definition) is 0. The Morgan fingerprint density at radius 3 is 2.31 bits per heavy atom. The van der Waals surface area contributed by atoms with E-state index in [0.29, 0.717) is 21.2 Å². The number of carbonyl (C=O) groups excluding carboxylic acids is 1. The van der Waals surface area contributed by atoms with Gasteiger partial charge in [0.25, 0.3) is 0 Å². The van der Waals surface area contributed by atoms with E-state index in [1.807, 2.05) is 73.4 Å². The normalized spacial score (nSPS) is 21.5. The van der Waals surface area contributed by atoms with Crippen LogP contribution in [-0.4, -0.2) is 17.9 Å². The molecule has 5 rings (SSSR count). The monoisotopic (exact) mass is 497 g/mol. The van der Waals surface area contributed by atoms with Crippen molar-refractivity contribution in [1.29, 1.82) is 10.5 Å². The number of benzene rings is 3. The van der Waals surface area contributed by atoms with Crippen LogP contribution in [0, 0.1) is 41.9 Å². The lowest BCUT2D eigenvalue weighted by Gasteiger charge is -2.35. The molecule has 1 fully saturated rings. The van der Waals surface area contributed by atoms with Crippen molar-refractivity contribution < 1.29 is 4.79 Å². The Morgan fingerprint density at radius 1 is 0.971 bits per heavy atom. The summed E-state index contributed by atoms with van der Waals surface area (Å²) >= 11 is 13.3. The van der Waals surface area contributed by atoms with Crippen molar-refractivity contribution in [2.75, 3.05) is 4.90 Å². The number of hydrogen-bond acceptors (Lipinski definition) is 4. The van der Waals surface area contributed by atoms with E-state index in [0.717, 1.165) is 22.4 Å². The first-order valence-electron chi connectivity index (χ1n) is 11.3. The second-order valence-electron chi connectivity index (χ2n) is 9.10. The fraction of sp³-hybridized carbons (Fsp3) is 0.207. The van der Waals surface area contributed by atoms with Crippen LogP contribution < -0.4 is 4.90 Å². The molecule has 0 spiro atoms. The van der Waals surface area contributed by atoms with Crippen molar-refractivity contribution in [2.45, 2.75) is 31.8 Å². The summed E-state index contributed by atoms with van der Waals surface area (Å²) in [4.78, 5) is 16.3. The molecule has 3 atom stereocenters. The maximum absolute atomic E-state index is 14.4. The Kier molecular flexibility index (Phi) is 5.68. The van der Waals surface area contributed by atoms with E-state index in [2.05, 4.69) is 12.1 Å². The van der Waals surface area contributed by atoms with Crippen molar-refractivity contribution >= 4 is 40.7 Å². The molecule has 0 amide bonds. The number of rotatable bonds is 3. The van der Waals surface area contributed by atoms with Gasteiger partial charge in [-0.05, 0) is 48.7 Å². The second kappa shape index (κ2) is 8.58. The lowest BCUT2D eigenvalue weighted by molar-refractivity contribution is 0.0950. The van der Waals surface area contributed by atoms with E-state index in [4.69, 9.17) is 23.2 Å². The molecule has 0 radical (unpaired) electrons. The van der Waals surface area contributed by atoms with Gasteiger partial charge in [-0.25, -0.2) is 0 Å². The van der Waals surface area contributed by atoms with Gasteiger partial charge < -0.3 is 4.90 Å². The smallest absolute Gasteiger partial charge is 0.186 e. The van der Waals surface area contributed by atoms with Crippen LogP contribution in [0.1, 0.15) is 38.5 Å². The molecule has 2 aliphatic rings. The number of halogens is 2. The van der Waals surface area contributed by atoms with E-state index < -0.39 is 23.4 Å². The molecule has 2 aliphatic heterocycles. The summed E-state index contributed by atoms with van der Waals surface area (Å²) in [6, 6.07) is 21.5. The molecule has 3 aromatic rings. The number of fused-ring (bicyclic) bond motifs is 3. The zero-order chi connectivity index (χ0) is 24.9. The molecule has 3 aromatic carbocycles. The molecule has 0 aromatic heterocycles. The number of Topliss-reactive ketones (excluding diaryl/α,β-unsaturated/α-hetero) is 1. The number of aryl methyl sites for hydroxylation is 2. The molecule has 3 unspecified atom stereocenters. The van der Waals surface area contributed by atoms with Gasteiger partial charge in [0.1, 0.15) is 6.04 Å². The average molecular weight is 498 g/mol. The summed E-state index contributed by atoms with van der Waals surface area (Å²) in [5.41, 5.74) is 2.99. The predicted octanol–water partition coefficient (Wildman–Crippen LogP) is 6.89. The highest BCUT2D eigenvalue weighted by molar-refractivity contribution is 6.36. The number of anilines is 1. The summed E-state index contributed by atoms with van der Waals surface area (Å²) in [6.07, 6.45) is 3.76. The Morgan fingerprint density at radius 2 is 1.66 bits per heavy atom. The largest absolute Gasteiger partial charge is 0.351 e. The number of para-hydroxylation sites is 1. The van der Waals surface area contributed by atoms with Gasteiger partial charge >= 0.3 is 0 Å². The third-order valence-electron chi connectivity index (χ3n) is 7.14. The van der Waals surface area contributed by atoms with E-state index in [1.54, 1.807) is 18.2 Å². The minimum atomic E-state index is -1.60. The fourth-order valence-corrected chi connectivity index (χ4v) is 6.24. The zero-order valence-corrected chi connectivity index (χ0v) is 20.7. The third kappa shape index (κ3) is 3.37. The first kappa shape index (κ1) is 23.2. The van der Waals surface area contributed by atoms with Gasteiger partial charge in [0.05, 0.1) is 18.2 Å². The standard InChI is InChI=1S/C29H21Cl2N3O/c1-17-10-12-20(18(2)14-17)28(35)27-26(25-21(30)7-5-8-22(25)31)29(15-32,16-33)24-13-11-19-6-3-4-9-23(19)34(24)27/h3-14,24,26-27H,1-2H3. The van der Waals surface area contributed by atoms with Crippen LogP contribution in [0.15, 0.2) is 66.7 Å². The summed E-state index contributed by atoms with van der Waals surface area (Å²) < 4.78 is 0. The number of nitriles is 2. The molecule has 1 saturated heterocycles. The van der Waals surface area contributed by atoms with Gasteiger partial charge in [-0.15, -0.1) is 0 Å². The minimum Gasteiger partial charge on any atom is -0.351 e. The van der Waals surface area contributed by atoms with Crippen LogP contribution in [0.2, 0.25) is 10.0 Å². The summed E-state index contributed by atoms with van der Waals surface area (Å²) in [5.74, 6) is -1.06. The molecule has 172 valence electrons. The molecule has 0 bridgehead atoms. The topological polar surface area (TPSA) is 67.9 Å². The Balaban J connectivity index is 1.84. The fourth-order valence-electron chi connectivity index (χ4n) is 5.61. The van der Waals surface area contributed by atoms with Crippen LogP contribution in [-0.2, 0) is 0 Å². The SMILES string of the molecule is Cc1ccc(C(=O)C2C(c3c(Cl)cccc3Cl)C(C#N)(C#N)C3C=Cc4ccccc4N23)c(C)c1. The van der Waals surface area contributed by atoms with Gasteiger partial charge in [0.15, 0.2) is 11.2 Å². The Labute approximate surface area is 214 Å². The maximum Gasteiger partial charge on any atom is 0.186 e. The van der Waals surface area contributed by atoms with E-state index >= 15 is 0 Å². The summed E-state index contributed by atoms with van der Waals surface area (Å²) in [6.45, 7) is 3.87. The van der Waals surface area contributed by atoms with Crippen molar-refractivity contribution in [3.63, 3.8) is 0 Å². The highest BCUT2D eigenvalue weighted by Crippen LogP contribution is 2.57. The Bertz CT molecular complexity index is 1450. The van der Waals surface area contributed by atoms with E-state index in [-0.39, 0.29) is 5.78 Å². The zero-order valence-electron chi connectivity index (χ0n) is 19.2. The molecule has 0 saturated carbocycles. The lowest BCUT2D eigenvalue weighted by atomic mass is 9.69.